The first kappa shape index (κ1) is 19.0. The molecule has 2 aromatic rings. The minimum absolute atomic E-state index is 0.217. The third-order valence-electron chi connectivity index (χ3n) is 3.98. The van der Waals surface area contributed by atoms with Crippen LogP contribution in [0.1, 0.15) is 69.7 Å². The average Bonchev–Trinajstić information content (AvgIpc) is 3.07. The van der Waals surface area contributed by atoms with Crippen molar-refractivity contribution in [2.75, 3.05) is 18.0 Å². The molecule has 0 aliphatic rings. The molecular formula is C19H27N3O3. The number of aromatic nitrogens is 2. The molecule has 0 amide bonds. The molecule has 1 aromatic carbocycles. The Morgan fingerprint density at radius 2 is 1.80 bits per heavy atom. The average molecular weight is 345 g/mol. The second-order valence-corrected chi connectivity index (χ2v) is 6.97. The Bertz CT molecular complexity index is 697. The van der Waals surface area contributed by atoms with Crippen molar-refractivity contribution in [2.45, 2.75) is 53.1 Å². The molecule has 0 bridgehead atoms. The third kappa shape index (κ3) is 4.59. The van der Waals surface area contributed by atoms with Gasteiger partial charge in [0.1, 0.15) is 0 Å². The maximum atomic E-state index is 12.3. The smallest absolute Gasteiger partial charge is 0.338 e. The zero-order valence-electron chi connectivity index (χ0n) is 15.9. The van der Waals surface area contributed by atoms with Crippen LogP contribution in [0.15, 0.2) is 28.8 Å². The molecule has 6 heteroatoms. The van der Waals surface area contributed by atoms with Crippen molar-refractivity contribution in [1.82, 2.24) is 10.1 Å². The minimum atomic E-state index is -0.599. The second-order valence-electron chi connectivity index (χ2n) is 6.97. The summed E-state index contributed by atoms with van der Waals surface area (Å²) in [5, 5.41) is 3.96. The molecule has 0 N–H and O–H groups in total. The number of carbonyl (C=O) groups excluding carboxylic acids is 1. The van der Waals surface area contributed by atoms with Crippen LogP contribution in [0.3, 0.4) is 0 Å². The summed E-state index contributed by atoms with van der Waals surface area (Å²) in [7, 11) is 0. The topological polar surface area (TPSA) is 68.5 Å². The molecule has 1 atom stereocenters. The number of ether oxygens (including phenoxy) is 1. The molecule has 0 spiro atoms. The summed E-state index contributed by atoms with van der Waals surface area (Å²) in [6, 6.07) is 7.41. The van der Waals surface area contributed by atoms with E-state index in [0.717, 1.165) is 18.8 Å². The van der Waals surface area contributed by atoms with E-state index >= 15 is 0 Å². The van der Waals surface area contributed by atoms with E-state index in [4.69, 9.17) is 9.26 Å². The Kier molecular flexibility index (Phi) is 5.82. The summed E-state index contributed by atoms with van der Waals surface area (Å²) in [6.07, 6.45) is -0.599. The van der Waals surface area contributed by atoms with Crippen LogP contribution in [0.25, 0.3) is 0 Å². The number of rotatable bonds is 6. The first-order valence-corrected chi connectivity index (χ1v) is 8.66. The SMILES string of the molecule is CCN(CC)c1ccc(C(=O)OC(C)c2nc(C(C)(C)C)no2)cc1. The van der Waals surface area contributed by atoms with Crippen molar-refractivity contribution in [1.29, 1.82) is 0 Å². The van der Waals surface area contributed by atoms with E-state index in [2.05, 4.69) is 28.9 Å². The standard InChI is InChI=1S/C19H27N3O3/c1-7-22(8-2)15-11-9-14(10-12-15)17(23)24-13(3)16-20-18(21-25-16)19(4,5)6/h9-13H,7-8H2,1-6H3. The van der Waals surface area contributed by atoms with Crippen molar-refractivity contribution in [3.63, 3.8) is 0 Å². The van der Waals surface area contributed by atoms with Crippen LogP contribution in [-0.2, 0) is 10.2 Å². The highest BCUT2D eigenvalue weighted by atomic mass is 16.6. The second kappa shape index (κ2) is 7.68. The van der Waals surface area contributed by atoms with Gasteiger partial charge in [-0.05, 0) is 45.0 Å². The lowest BCUT2D eigenvalue weighted by molar-refractivity contribution is 0.0265. The highest BCUT2D eigenvalue weighted by Crippen LogP contribution is 2.23. The Morgan fingerprint density at radius 1 is 1.20 bits per heavy atom. The predicted octanol–water partition coefficient (Wildman–Crippen LogP) is 4.13. The summed E-state index contributed by atoms with van der Waals surface area (Å²) in [5.41, 5.74) is 1.37. The van der Waals surface area contributed by atoms with Crippen molar-refractivity contribution in [3.05, 3.63) is 41.5 Å². The number of carbonyl (C=O) groups is 1. The fraction of sp³-hybridized carbons (Fsp3) is 0.526. The van der Waals surface area contributed by atoms with E-state index in [1.165, 1.54) is 0 Å². The maximum Gasteiger partial charge on any atom is 0.338 e. The van der Waals surface area contributed by atoms with Crippen LogP contribution >= 0.6 is 0 Å². The maximum absolute atomic E-state index is 12.3. The van der Waals surface area contributed by atoms with E-state index in [9.17, 15) is 4.79 Å². The van der Waals surface area contributed by atoms with Gasteiger partial charge in [0.15, 0.2) is 11.9 Å². The number of esters is 1. The lowest BCUT2D eigenvalue weighted by atomic mass is 9.96. The normalized spacial score (nSPS) is 12.7. The summed E-state index contributed by atoms with van der Waals surface area (Å²) < 4.78 is 10.7. The zero-order valence-corrected chi connectivity index (χ0v) is 15.9. The number of benzene rings is 1. The van der Waals surface area contributed by atoms with Gasteiger partial charge >= 0.3 is 5.97 Å². The molecule has 0 aliphatic carbocycles. The fourth-order valence-corrected chi connectivity index (χ4v) is 2.38. The molecule has 0 fully saturated rings. The van der Waals surface area contributed by atoms with Crippen molar-refractivity contribution < 1.29 is 14.1 Å². The lowest BCUT2D eigenvalue weighted by Crippen LogP contribution is -2.21. The fourth-order valence-electron chi connectivity index (χ4n) is 2.38. The number of hydrogen-bond acceptors (Lipinski definition) is 6. The monoisotopic (exact) mass is 345 g/mol. The molecule has 0 saturated carbocycles. The number of anilines is 1. The quantitative estimate of drug-likeness (QED) is 0.733. The predicted molar refractivity (Wildman–Crippen MR) is 96.8 cm³/mol. The molecule has 0 saturated heterocycles. The first-order chi connectivity index (χ1) is 11.8. The Balaban J connectivity index is 2.05. The number of hydrogen-bond donors (Lipinski definition) is 0. The van der Waals surface area contributed by atoms with Crippen LogP contribution in [-0.4, -0.2) is 29.2 Å². The van der Waals surface area contributed by atoms with Crippen LogP contribution in [0.5, 0.6) is 0 Å². The minimum Gasteiger partial charge on any atom is -0.449 e. The van der Waals surface area contributed by atoms with E-state index in [-0.39, 0.29) is 5.41 Å². The van der Waals surface area contributed by atoms with E-state index in [1.807, 2.05) is 32.9 Å². The van der Waals surface area contributed by atoms with Crippen molar-refractivity contribution in [2.24, 2.45) is 0 Å². The summed E-state index contributed by atoms with van der Waals surface area (Å²) in [4.78, 5) is 18.9. The lowest BCUT2D eigenvalue weighted by Gasteiger charge is -2.21. The van der Waals surface area contributed by atoms with E-state index in [1.54, 1.807) is 19.1 Å². The van der Waals surface area contributed by atoms with Gasteiger partial charge in [0.25, 0.3) is 5.89 Å². The molecule has 25 heavy (non-hydrogen) atoms. The van der Waals surface area contributed by atoms with Crippen LogP contribution in [0, 0.1) is 0 Å². The van der Waals surface area contributed by atoms with E-state index < -0.39 is 12.1 Å². The molecule has 0 aliphatic heterocycles. The molecule has 1 heterocycles. The largest absolute Gasteiger partial charge is 0.449 e. The summed E-state index contributed by atoms with van der Waals surface area (Å²) in [6.45, 7) is 13.8. The van der Waals surface area contributed by atoms with Gasteiger partial charge in [-0.25, -0.2) is 4.79 Å². The molecule has 0 radical (unpaired) electrons. The van der Waals surface area contributed by atoms with Gasteiger partial charge in [0, 0.05) is 24.2 Å². The summed E-state index contributed by atoms with van der Waals surface area (Å²) >= 11 is 0. The summed E-state index contributed by atoms with van der Waals surface area (Å²) in [5.74, 6) is 0.487. The molecule has 1 unspecified atom stereocenters. The van der Waals surface area contributed by atoms with Gasteiger partial charge in [-0.2, -0.15) is 4.98 Å². The van der Waals surface area contributed by atoms with Crippen molar-refractivity contribution in [3.8, 4) is 0 Å². The zero-order chi connectivity index (χ0) is 18.6. The van der Waals surface area contributed by atoms with Gasteiger partial charge in [0.2, 0.25) is 0 Å². The molecule has 2 rings (SSSR count). The molecular weight excluding hydrogens is 318 g/mol. The Hall–Kier alpha value is -2.37. The Morgan fingerprint density at radius 3 is 2.28 bits per heavy atom. The molecule has 6 nitrogen and oxygen atoms in total. The molecule has 136 valence electrons. The highest BCUT2D eigenvalue weighted by molar-refractivity contribution is 5.90. The van der Waals surface area contributed by atoms with Gasteiger partial charge in [-0.15, -0.1) is 0 Å². The van der Waals surface area contributed by atoms with Gasteiger partial charge < -0.3 is 14.2 Å². The Labute approximate surface area is 149 Å². The van der Waals surface area contributed by atoms with Gasteiger partial charge in [-0.1, -0.05) is 25.9 Å². The van der Waals surface area contributed by atoms with Crippen LogP contribution in [0.4, 0.5) is 5.69 Å². The highest BCUT2D eigenvalue weighted by Gasteiger charge is 2.25. The van der Waals surface area contributed by atoms with Crippen LogP contribution in [0.2, 0.25) is 0 Å². The van der Waals surface area contributed by atoms with Gasteiger partial charge in [0.05, 0.1) is 5.56 Å². The molecule has 1 aromatic heterocycles. The van der Waals surface area contributed by atoms with Crippen molar-refractivity contribution >= 4 is 11.7 Å². The van der Waals surface area contributed by atoms with E-state index in [0.29, 0.717) is 17.3 Å². The van der Waals surface area contributed by atoms with Crippen LogP contribution < -0.4 is 4.90 Å². The number of nitrogens with zero attached hydrogens (tertiary/aromatic N) is 3. The third-order valence-corrected chi connectivity index (χ3v) is 3.98. The van der Waals surface area contributed by atoms with Gasteiger partial charge in [-0.3, -0.25) is 0 Å². The first-order valence-electron chi connectivity index (χ1n) is 8.66.